The zero-order chi connectivity index (χ0) is 30.4. The second-order valence-corrected chi connectivity index (χ2v) is 12.5. The van der Waals surface area contributed by atoms with Gasteiger partial charge in [0.25, 0.3) is 5.91 Å². The molecule has 2 aromatic rings. The monoisotopic (exact) mass is 582 g/mol. The van der Waals surface area contributed by atoms with E-state index in [0.29, 0.717) is 38.4 Å². The number of ether oxygens (including phenoxy) is 2. The quantitative estimate of drug-likeness (QED) is 0.360. The number of benzene rings is 2. The van der Waals surface area contributed by atoms with Gasteiger partial charge < -0.3 is 29.9 Å². The highest BCUT2D eigenvalue weighted by molar-refractivity contribution is 5.97. The minimum absolute atomic E-state index is 0.00672. The molecule has 10 nitrogen and oxygen atoms in total. The molecule has 10 heteroatoms. The summed E-state index contributed by atoms with van der Waals surface area (Å²) < 4.78 is 10.9. The Morgan fingerprint density at radius 1 is 0.929 bits per heavy atom. The van der Waals surface area contributed by atoms with Gasteiger partial charge in [0.1, 0.15) is 17.1 Å². The molecule has 1 saturated heterocycles. The maximum absolute atomic E-state index is 13.3. The van der Waals surface area contributed by atoms with E-state index in [9.17, 15) is 19.8 Å². The number of hydrogen-bond donors (Lipinski definition) is 3. The summed E-state index contributed by atoms with van der Waals surface area (Å²) in [6.07, 6.45) is -0.425. The number of nitrogens with zero attached hydrogens (tertiary/aromatic N) is 3. The van der Waals surface area contributed by atoms with Crippen LogP contribution in [0, 0.1) is 0 Å². The number of fused-ring (bicyclic) bond motifs is 1. The van der Waals surface area contributed by atoms with Crippen molar-refractivity contribution in [3.05, 3.63) is 58.1 Å². The van der Waals surface area contributed by atoms with Crippen molar-refractivity contribution in [2.24, 2.45) is 0 Å². The minimum Gasteiger partial charge on any atom is -0.508 e. The summed E-state index contributed by atoms with van der Waals surface area (Å²) in [6.45, 7) is 17.5. The highest BCUT2D eigenvalue weighted by Gasteiger charge is 2.28. The maximum atomic E-state index is 13.3. The van der Waals surface area contributed by atoms with Crippen molar-refractivity contribution in [1.82, 2.24) is 20.0 Å². The zero-order valence-corrected chi connectivity index (χ0v) is 25.6. The number of aromatic hydroxyl groups is 2. The first-order valence-electron chi connectivity index (χ1n) is 14.8. The van der Waals surface area contributed by atoms with E-state index in [-0.39, 0.29) is 28.9 Å². The van der Waals surface area contributed by atoms with Crippen LogP contribution < -0.4 is 5.32 Å². The number of phenols is 2. The van der Waals surface area contributed by atoms with E-state index < -0.39 is 11.7 Å². The predicted molar refractivity (Wildman–Crippen MR) is 161 cm³/mol. The lowest BCUT2D eigenvalue weighted by Gasteiger charge is -2.34. The normalized spacial score (nSPS) is 16.1. The number of carbonyl (C=O) groups excluding carboxylic acids is 2. The van der Waals surface area contributed by atoms with Crippen molar-refractivity contribution in [1.29, 1.82) is 0 Å². The molecule has 4 rings (SSSR count). The standard InChI is InChI=1S/C32H46N4O6/c1-22(2)26-17-27(29(38)18-28(26)37)30(39)36-20-24-7-6-23(16-25(24)21-36)19-35-11-9-34(10-12-35)13-15-41-14-8-33-31(40)42-32(3,4)5/h6-7,16-18,22,37-38H,8-15,19-21H2,1-5H3,(H,33,40). The Hall–Kier alpha value is -3.34. The Morgan fingerprint density at radius 3 is 2.31 bits per heavy atom. The summed E-state index contributed by atoms with van der Waals surface area (Å²) in [7, 11) is 0. The van der Waals surface area contributed by atoms with Crippen LogP contribution in [-0.4, -0.2) is 95.0 Å². The minimum atomic E-state index is -0.506. The smallest absolute Gasteiger partial charge is 0.407 e. The Morgan fingerprint density at radius 2 is 1.62 bits per heavy atom. The largest absolute Gasteiger partial charge is 0.508 e. The van der Waals surface area contributed by atoms with E-state index >= 15 is 0 Å². The number of hydrogen-bond acceptors (Lipinski definition) is 8. The molecule has 0 unspecified atom stereocenters. The topological polar surface area (TPSA) is 115 Å². The molecule has 3 N–H and O–H groups in total. The fourth-order valence-electron chi connectivity index (χ4n) is 5.35. The number of phenolic OH excluding ortho intramolecular Hbond substituents is 2. The molecule has 1 fully saturated rings. The number of nitrogens with one attached hydrogen (secondary N) is 1. The molecular formula is C32H46N4O6. The number of alkyl carbamates (subject to hydrolysis) is 1. The molecule has 0 radical (unpaired) electrons. The number of amides is 2. The Bertz CT molecular complexity index is 1250. The van der Waals surface area contributed by atoms with Gasteiger partial charge in [0.05, 0.1) is 18.8 Å². The first-order valence-corrected chi connectivity index (χ1v) is 14.8. The highest BCUT2D eigenvalue weighted by Crippen LogP contribution is 2.34. The van der Waals surface area contributed by atoms with Gasteiger partial charge in [-0.05, 0) is 55.0 Å². The molecule has 2 aromatic carbocycles. The van der Waals surface area contributed by atoms with Crippen molar-refractivity contribution < 1.29 is 29.3 Å². The van der Waals surface area contributed by atoms with Crippen LogP contribution in [0.5, 0.6) is 11.5 Å². The van der Waals surface area contributed by atoms with Gasteiger partial charge in [-0.1, -0.05) is 32.0 Å². The van der Waals surface area contributed by atoms with Gasteiger partial charge in [-0.3, -0.25) is 14.6 Å². The van der Waals surface area contributed by atoms with Crippen molar-refractivity contribution in [3.8, 4) is 11.5 Å². The van der Waals surface area contributed by atoms with Gasteiger partial charge in [0, 0.05) is 65.0 Å². The average Bonchev–Trinajstić information content (AvgIpc) is 3.33. The highest BCUT2D eigenvalue weighted by atomic mass is 16.6. The van der Waals surface area contributed by atoms with Crippen LogP contribution in [-0.2, 0) is 29.1 Å². The fourth-order valence-corrected chi connectivity index (χ4v) is 5.35. The van der Waals surface area contributed by atoms with E-state index in [0.717, 1.165) is 50.4 Å². The molecule has 0 spiro atoms. The van der Waals surface area contributed by atoms with E-state index in [1.165, 1.54) is 11.6 Å². The van der Waals surface area contributed by atoms with E-state index in [1.807, 2.05) is 34.6 Å². The maximum Gasteiger partial charge on any atom is 0.407 e. The van der Waals surface area contributed by atoms with Crippen LogP contribution in [0.25, 0.3) is 0 Å². The molecule has 0 aliphatic carbocycles. The third kappa shape index (κ3) is 8.59. The van der Waals surface area contributed by atoms with Crippen molar-refractivity contribution >= 4 is 12.0 Å². The van der Waals surface area contributed by atoms with Crippen LogP contribution >= 0.6 is 0 Å². The van der Waals surface area contributed by atoms with Gasteiger partial charge in [0.15, 0.2) is 0 Å². The Labute approximate surface area is 249 Å². The molecular weight excluding hydrogens is 536 g/mol. The van der Waals surface area contributed by atoms with Crippen LogP contribution in [0.3, 0.4) is 0 Å². The van der Waals surface area contributed by atoms with Crippen LogP contribution in [0.4, 0.5) is 4.79 Å². The first kappa shape index (κ1) is 31.6. The summed E-state index contributed by atoms with van der Waals surface area (Å²) in [6, 6.07) is 9.34. The second-order valence-electron chi connectivity index (χ2n) is 12.5. The molecule has 2 aliphatic heterocycles. The lowest BCUT2D eigenvalue weighted by atomic mass is 9.98. The van der Waals surface area contributed by atoms with Gasteiger partial charge in [-0.2, -0.15) is 0 Å². The number of rotatable bonds is 10. The molecule has 0 bridgehead atoms. The predicted octanol–water partition coefficient (Wildman–Crippen LogP) is 4.04. The molecule has 2 heterocycles. The third-order valence-electron chi connectivity index (χ3n) is 7.62. The van der Waals surface area contributed by atoms with Crippen LogP contribution in [0.15, 0.2) is 30.3 Å². The lowest BCUT2D eigenvalue weighted by molar-refractivity contribution is 0.0476. The van der Waals surface area contributed by atoms with Gasteiger partial charge in [0.2, 0.25) is 0 Å². The first-order chi connectivity index (χ1) is 19.9. The van der Waals surface area contributed by atoms with Gasteiger partial charge in [-0.25, -0.2) is 4.79 Å². The molecule has 0 aromatic heterocycles. The van der Waals surface area contributed by atoms with Gasteiger partial charge in [-0.15, -0.1) is 0 Å². The van der Waals surface area contributed by atoms with E-state index in [4.69, 9.17) is 9.47 Å². The molecule has 2 aliphatic rings. The average molecular weight is 583 g/mol. The number of piperazine rings is 1. The summed E-state index contributed by atoms with van der Waals surface area (Å²) in [5, 5.41) is 23.2. The third-order valence-corrected chi connectivity index (χ3v) is 7.62. The summed E-state index contributed by atoms with van der Waals surface area (Å²) in [5.41, 5.74) is 3.86. The van der Waals surface area contributed by atoms with Crippen molar-refractivity contribution in [2.75, 3.05) is 52.5 Å². The Balaban J connectivity index is 1.18. The van der Waals surface area contributed by atoms with E-state index in [2.05, 4.69) is 33.3 Å². The lowest BCUT2D eigenvalue weighted by Crippen LogP contribution is -2.46. The Kier molecular flexibility index (Phi) is 10.3. The number of carbonyl (C=O) groups is 2. The van der Waals surface area contributed by atoms with Crippen molar-refractivity contribution in [2.45, 2.75) is 65.8 Å². The molecule has 0 saturated carbocycles. The van der Waals surface area contributed by atoms with Crippen LogP contribution in [0.2, 0.25) is 0 Å². The SMILES string of the molecule is CC(C)c1cc(C(=O)N2Cc3ccc(CN4CCN(CCOCCNC(=O)OC(C)(C)C)CC4)cc3C2)c(O)cc1O. The molecule has 42 heavy (non-hydrogen) atoms. The van der Waals surface area contributed by atoms with Crippen LogP contribution in [0.1, 0.15) is 73.1 Å². The fraction of sp³-hybridized carbons (Fsp3) is 0.562. The van der Waals surface area contributed by atoms with Gasteiger partial charge >= 0.3 is 6.09 Å². The van der Waals surface area contributed by atoms with E-state index in [1.54, 1.807) is 11.0 Å². The molecule has 0 atom stereocenters. The second kappa shape index (κ2) is 13.8. The molecule has 230 valence electrons. The van der Waals surface area contributed by atoms with Crippen molar-refractivity contribution in [3.63, 3.8) is 0 Å². The summed E-state index contributed by atoms with van der Waals surface area (Å²) in [5.74, 6) is -0.385. The molecule has 2 amide bonds. The summed E-state index contributed by atoms with van der Waals surface area (Å²) in [4.78, 5) is 31.6. The summed E-state index contributed by atoms with van der Waals surface area (Å²) >= 11 is 0. The zero-order valence-electron chi connectivity index (χ0n) is 25.6.